The van der Waals surface area contributed by atoms with Gasteiger partial charge >= 0.3 is 0 Å². The van der Waals surface area contributed by atoms with Crippen LogP contribution in [0.3, 0.4) is 0 Å². The zero-order chi connectivity index (χ0) is 41.7. The van der Waals surface area contributed by atoms with E-state index < -0.39 is 0 Å². The van der Waals surface area contributed by atoms with E-state index in [0.29, 0.717) is 0 Å². The summed E-state index contributed by atoms with van der Waals surface area (Å²) in [6, 6.07) is 73.7. The van der Waals surface area contributed by atoms with Crippen LogP contribution in [0.1, 0.15) is 49.9 Å². The highest BCUT2D eigenvalue weighted by atomic mass is 16.3. The quantitative estimate of drug-likeness (QED) is 0.167. The summed E-state index contributed by atoms with van der Waals surface area (Å²) in [5.74, 6) is 0. The smallest absolute Gasteiger partial charge is 0.137 e. The van der Waals surface area contributed by atoms with Crippen LogP contribution in [-0.4, -0.2) is 0 Å². The fourth-order valence-corrected chi connectivity index (χ4v) is 11.0. The lowest BCUT2D eigenvalue weighted by Gasteiger charge is -2.32. The Balaban J connectivity index is 1.19. The molecule has 2 aliphatic rings. The summed E-state index contributed by atoms with van der Waals surface area (Å²) in [5, 5.41) is 2.24. The van der Waals surface area contributed by atoms with Crippen LogP contribution in [0.4, 0.5) is 17.1 Å². The van der Waals surface area contributed by atoms with E-state index in [4.69, 9.17) is 4.42 Å². The maximum atomic E-state index is 6.65. The molecule has 0 amide bonds. The number of hydrogen-bond donors (Lipinski definition) is 0. The van der Waals surface area contributed by atoms with Crippen molar-refractivity contribution in [2.24, 2.45) is 0 Å². The van der Waals surface area contributed by atoms with Crippen LogP contribution in [0.5, 0.6) is 0 Å². The summed E-state index contributed by atoms with van der Waals surface area (Å²) in [5.41, 5.74) is 22.4. The molecule has 0 unspecified atom stereocenters. The van der Waals surface area contributed by atoms with E-state index in [2.05, 4.69) is 227 Å². The number of anilines is 3. The highest BCUT2D eigenvalue weighted by molar-refractivity contribution is 6.08. The average molecular weight is 796 g/mol. The molecule has 0 radical (unpaired) electrons. The number of rotatable bonds is 6. The van der Waals surface area contributed by atoms with Gasteiger partial charge in [-0.3, -0.25) is 0 Å². The molecule has 0 saturated carbocycles. The van der Waals surface area contributed by atoms with Crippen LogP contribution in [-0.2, 0) is 10.8 Å². The van der Waals surface area contributed by atoms with Crippen molar-refractivity contribution in [2.45, 2.75) is 38.5 Å². The highest BCUT2D eigenvalue weighted by Crippen LogP contribution is 2.58. The molecular weight excluding hydrogens is 751 g/mol. The molecule has 10 aromatic rings. The first-order valence-corrected chi connectivity index (χ1v) is 21.8. The van der Waals surface area contributed by atoms with E-state index in [9.17, 15) is 0 Å². The maximum absolute atomic E-state index is 6.65. The Bertz CT molecular complexity index is 3420. The summed E-state index contributed by atoms with van der Waals surface area (Å²) >= 11 is 0. The lowest BCUT2D eigenvalue weighted by molar-refractivity contribution is 0.660. The van der Waals surface area contributed by atoms with Crippen molar-refractivity contribution >= 4 is 39.0 Å². The Kier molecular flexibility index (Phi) is 7.96. The number of para-hydroxylation sites is 1. The first-order valence-electron chi connectivity index (χ1n) is 21.8. The van der Waals surface area contributed by atoms with Crippen LogP contribution in [0, 0.1) is 0 Å². The van der Waals surface area contributed by atoms with Gasteiger partial charge in [-0.25, -0.2) is 0 Å². The van der Waals surface area contributed by atoms with Crippen molar-refractivity contribution in [3.8, 4) is 55.6 Å². The number of furan rings is 1. The number of benzene rings is 9. The minimum absolute atomic E-state index is 0.170. The fourth-order valence-electron chi connectivity index (χ4n) is 11.0. The van der Waals surface area contributed by atoms with Gasteiger partial charge in [0, 0.05) is 44.5 Å². The van der Waals surface area contributed by atoms with Crippen molar-refractivity contribution in [3.63, 3.8) is 0 Å². The summed E-state index contributed by atoms with van der Waals surface area (Å²) in [6.07, 6.45) is 0. The van der Waals surface area contributed by atoms with Crippen molar-refractivity contribution < 1.29 is 4.42 Å². The molecule has 296 valence electrons. The molecule has 2 heteroatoms. The van der Waals surface area contributed by atoms with Gasteiger partial charge < -0.3 is 9.32 Å². The Morgan fingerprint density at radius 2 is 0.903 bits per heavy atom. The van der Waals surface area contributed by atoms with E-state index >= 15 is 0 Å². The van der Waals surface area contributed by atoms with Crippen LogP contribution < -0.4 is 4.90 Å². The minimum atomic E-state index is -0.205. The molecular formula is C60H45NO. The molecule has 9 aromatic carbocycles. The zero-order valence-corrected chi connectivity index (χ0v) is 35.4. The summed E-state index contributed by atoms with van der Waals surface area (Å²) in [4.78, 5) is 2.51. The largest absolute Gasteiger partial charge is 0.456 e. The van der Waals surface area contributed by atoms with Gasteiger partial charge in [0.15, 0.2) is 0 Å². The molecule has 1 heterocycles. The van der Waals surface area contributed by atoms with E-state index in [1.807, 2.05) is 6.07 Å². The van der Waals surface area contributed by atoms with E-state index in [-0.39, 0.29) is 10.8 Å². The predicted molar refractivity (Wildman–Crippen MR) is 260 cm³/mol. The van der Waals surface area contributed by atoms with Gasteiger partial charge in [-0.05, 0) is 103 Å². The van der Waals surface area contributed by atoms with Crippen LogP contribution in [0.2, 0.25) is 0 Å². The second-order valence-electron chi connectivity index (χ2n) is 18.0. The molecule has 2 aliphatic carbocycles. The predicted octanol–water partition coefficient (Wildman–Crippen LogP) is 16.7. The zero-order valence-electron chi connectivity index (χ0n) is 35.4. The third-order valence-electron chi connectivity index (χ3n) is 13.9. The van der Waals surface area contributed by atoms with Gasteiger partial charge in [-0.1, -0.05) is 185 Å². The van der Waals surface area contributed by atoms with Crippen LogP contribution >= 0.6 is 0 Å². The van der Waals surface area contributed by atoms with Crippen molar-refractivity contribution in [1.82, 2.24) is 0 Å². The lowest BCUT2D eigenvalue weighted by atomic mass is 9.77. The number of nitrogens with zero attached hydrogens (tertiary/aromatic N) is 1. The van der Waals surface area contributed by atoms with Crippen molar-refractivity contribution in [3.05, 3.63) is 222 Å². The second-order valence-corrected chi connectivity index (χ2v) is 18.0. The van der Waals surface area contributed by atoms with Crippen LogP contribution in [0.15, 0.2) is 205 Å². The highest BCUT2D eigenvalue weighted by Gasteiger charge is 2.40. The Morgan fingerprint density at radius 3 is 1.73 bits per heavy atom. The fraction of sp³-hybridized carbons (Fsp3) is 0.100. The number of fused-ring (bicyclic) bond motifs is 9. The van der Waals surface area contributed by atoms with E-state index in [0.717, 1.165) is 44.6 Å². The van der Waals surface area contributed by atoms with Crippen LogP contribution in [0.25, 0.3) is 77.6 Å². The van der Waals surface area contributed by atoms with Gasteiger partial charge in [-0.2, -0.15) is 0 Å². The normalized spacial score (nSPS) is 14.1. The standard InChI is InChI=1S/C60H45NO/c1-59(2)50-29-12-9-24-48(50)57-51(59)30-17-32-53(57)61(41-34-35-44-43-23-10-13-33-54(43)62-55(44)37-41)52-31-16-25-45(56(52)40-21-14-20-39(36-40)38-18-6-5-7-19-38)47-27-15-26-46-42-22-8-11-28-49(42)60(3,4)58(46)47/h5-37H,1-4H3. The van der Waals surface area contributed by atoms with E-state index in [1.165, 1.54) is 72.3 Å². The summed E-state index contributed by atoms with van der Waals surface area (Å²) < 4.78 is 6.65. The molecule has 0 N–H and O–H groups in total. The maximum Gasteiger partial charge on any atom is 0.137 e. The molecule has 1 aromatic heterocycles. The van der Waals surface area contributed by atoms with Gasteiger partial charge in [0.1, 0.15) is 11.2 Å². The summed E-state index contributed by atoms with van der Waals surface area (Å²) in [7, 11) is 0. The summed E-state index contributed by atoms with van der Waals surface area (Å²) in [6.45, 7) is 9.51. The monoisotopic (exact) mass is 795 g/mol. The first-order chi connectivity index (χ1) is 30.3. The molecule has 0 bridgehead atoms. The molecule has 0 atom stereocenters. The van der Waals surface area contributed by atoms with Gasteiger partial charge in [0.25, 0.3) is 0 Å². The molecule has 0 fully saturated rings. The van der Waals surface area contributed by atoms with Gasteiger partial charge in [0.05, 0.1) is 11.4 Å². The minimum Gasteiger partial charge on any atom is -0.456 e. The molecule has 0 aliphatic heterocycles. The Morgan fingerprint density at radius 1 is 0.355 bits per heavy atom. The molecule has 0 spiro atoms. The molecule has 12 rings (SSSR count). The lowest BCUT2D eigenvalue weighted by Crippen LogP contribution is -2.17. The van der Waals surface area contributed by atoms with Gasteiger partial charge in [-0.15, -0.1) is 0 Å². The van der Waals surface area contributed by atoms with E-state index in [1.54, 1.807) is 0 Å². The van der Waals surface area contributed by atoms with Gasteiger partial charge in [0.2, 0.25) is 0 Å². The second kappa shape index (κ2) is 13.5. The third-order valence-corrected chi connectivity index (χ3v) is 13.9. The van der Waals surface area contributed by atoms with Crippen molar-refractivity contribution in [2.75, 3.05) is 4.90 Å². The number of hydrogen-bond acceptors (Lipinski definition) is 2. The average Bonchev–Trinajstić information content (AvgIpc) is 3.89. The first kappa shape index (κ1) is 36.4. The topological polar surface area (TPSA) is 16.4 Å². The SMILES string of the molecule is CC1(C)c2ccccc2-c2c(N(c3ccc4c(c3)oc3ccccc34)c3cccc(-c4cccc5c4C(C)(C)c4ccccc4-5)c3-c3cccc(-c4ccccc4)c3)cccc21. The molecule has 62 heavy (non-hydrogen) atoms. The molecule has 0 saturated heterocycles. The third kappa shape index (κ3) is 5.29. The van der Waals surface area contributed by atoms with Crippen molar-refractivity contribution in [1.29, 1.82) is 0 Å². The molecule has 2 nitrogen and oxygen atoms in total. The Labute approximate surface area is 363 Å². The Hall–Kier alpha value is -7.42.